The Balaban J connectivity index is 1.48. The van der Waals surface area contributed by atoms with Crippen LogP contribution in [0.5, 0.6) is 0 Å². The quantitative estimate of drug-likeness (QED) is 0.184. The highest BCUT2D eigenvalue weighted by Crippen LogP contribution is 2.28. The van der Waals surface area contributed by atoms with Crippen molar-refractivity contribution in [3.8, 4) is 0 Å². The Labute approximate surface area is 186 Å². The van der Waals surface area contributed by atoms with Gasteiger partial charge in [0.05, 0.1) is 0 Å². The molecular formula is C18H30N2S6. The molecule has 2 fully saturated rings. The van der Waals surface area contributed by atoms with Crippen LogP contribution in [0, 0.1) is 0 Å². The molecule has 0 bridgehead atoms. The number of hydrogen-bond donors (Lipinski definition) is 0. The number of rotatable bonds is 6. The van der Waals surface area contributed by atoms with Gasteiger partial charge in [0, 0.05) is 37.7 Å². The summed E-state index contributed by atoms with van der Waals surface area (Å²) in [6.07, 6.45) is 15.1. The summed E-state index contributed by atoms with van der Waals surface area (Å²) in [5.74, 6) is 2.03. The van der Waals surface area contributed by atoms with E-state index in [1.807, 2.05) is 21.6 Å². The van der Waals surface area contributed by atoms with Crippen molar-refractivity contribution >= 4 is 76.3 Å². The molecule has 2 nitrogen and oxygen atoms in total. The Morgan fingerprint density at radius 2 is 0.962 bits per heavy atom. The third kappa shape index (κ3) is 9.92. The third-order valence-corrected chi connectivity index (χ3v) is 10.3. The molecule has 2 heterocycles. The monoisotopic (exact) mass is 466 g/mol. The van der Waals surface area contributed by atoms with Crippen molar-refractivity contribution < 1.29 is 0 Å². The molecule has 2 aliphatic rings. The Morgan fingerprint density at radius 1 is 0.615 bits per heavy atom. The zero-order valence-corrected chi connectivity index (χ0v) is 20.3. The van der Waals surface area contributed by atoms with Crippen LogP contribution in [0.3, 0.4) is 0 Å². The second-order valence-corrected chi connectivity index (χ2v) is 12.5. The van der Waals surface area contributed by atoms with E-state index in [1.165, 1.54) is 51.4 Å². The van der Waals surface area contributed by atoms with Crippen molar-refractivity contribution in [2.24, 2.45) is 0 Å². The van der Waals surface area contributed by atoms with E-state index in [0.29, 0.717) is 0 Å². The Morgan fingerprint density at radius 3 is 1.31 bits per heavy atom. The van der Waals surface area contributed by atoms with Crippen LogP contribution in [0.25, 0.3) is 0 Å². The first kappa shape index (κ1) is 23.2. The largest absolute Gasteiger partial charge is 0.357 e. The molecule has 0 aromatic heterocycles. The van der Waals surface area contributed by atoms with Crippen LogP contribution in [0.2, 0.25) is 0 Å². The van der Waals surface area contributed by atoms with Gasteiger partial charge in [-0.2, -0.15) is 0 Å². The summed E-state index contributed by atoms with van der Waals surface area (Å²) in [7, 11) is 7.23. The van der Waals surface area contributed by atoms with Gasteiger partial charge in [-0.3, -0.25) is 0 Å². The molecule has 0 radical (unpaired) electrons. The number of nitrogens with zero attached hydrogens (tertiary/aromatic N) is 2. The molecule has 0 spiro atoms. The summed E-state index contributed by atoms with van der Waals surface area (Å²) in [4.78, 5) is 4.78. The summed E-state index contributed by atoms with van der Waals surface area (Å²) >= 11 is 11.1. The van der Waals surface area contributed by atoms with Gasteiger partial charge in [-0.05, 0) is 47.3 Å². The van der Waals surface area contributed by atoms with Crippen LogP contribution < -0.4 is 0 Å². The van der Waals surface area contributed by atoms with E-state index in [4.69, 9.17) is 24.4 Å². The predicted molar refractivity (Wildman–Crippen MR) is 135 cm³/mol. The van der Waals surface area contributed by atoms with E-state index in [1.54, 1.807) is 21.6 Å². The molecule has 2 rings (SSSR count). The Kier molecular flexibility index (Phi) is 13.3. The number of thiocarbonyl (C=S) groups is 2. The highest BCUT2D eigenvalue weighted by molar-refractivity contribution is 8.84. The smallest absolute Gasteiger partial charge is 0.147 e. The first-order chi connectivity index (χ1) is 12.8. The molecule has 8 heteroatoms. The van der Waals surface area contributed by atoms with Gasteiger partial charge in [0.25, 0.3) is 0 Å². The summed E-state index contributed by atoms with van der Waals surface area (Å²) in [5.41, 5.74) is 0. The van der Waals surface area contributed by atoms with Crippen LogP contribution >= 0.6 is 67.6 Å². The molecule has 0 N–H and O–H groups in total. The second kappa shape index (κ2) is 14.9. The standard InChI is InChI=1S/C18H30N2S6/c21-17(19-11-5-1-2-6-12-19)25-23-15-9-10-16-24-26-18(22)20-13-7-3-4-8-14-20/h9-10H,1-8,11-16H2/b10-9+. The van der Waals surface area contributed by atoms with Crippen molar-refractivity contribution in [1.82, 2.24) is 9.80 Å². The van der Waals surface area contributed by atoms with E-state index in [9.17, 15) is 0 Å². The van der Waals surface area contributed by atoms with Crippen LogP contribution in [-0.4, -0.2) is 56.1 Å². The summed E-state index contributed by atoms with van der Waals surface area (Å²) < 4.78 is 2.14. The minimum atomic E-state index is 1.01. The first-order valence-corrected chi connectivity index (χ1v) is 15.0. The molecule has 2 aliphatic heterocycles. The van der Waals surface area contributed by atoms with E-state index in [2.05, 4.69) is 22.0 Å². The molecule has 0 unspecified atom stereocenters. The van der Waals surface area contributed by atoms with E-state index < -0.39 is 0 Å². The van der Waals surface area contributed by atoms with Crippen LogP contribution in [0.4, 0.5) is 0 Å². The third-order valence-electron chi connectivity index (χ3n) is 4.48. The molecule has 0 saturated carbocycles. The molecule has 0 atom stereocenters. The maximum absolute atomic E-state index is 5.57. The molecule has 0 aromatic carbocycles. The van der Waals surface area contributed by atoms with Gasteiger partial charge in [0.1, 0.15) is 8.64 Å². The predicted octanol–water partition coefficient (Wildman–Crippen LogP) is 6.63. The highest BCUT2D eigenvalue weighted by atomic mass is 33.1. The fourth-order valence-corrected chi connectivity index (χ4v) is 7.69. The maximum Gasteiger partial charge on any atom is 0.147 e. The van der Waals surface area contributed by atoms with Gasteiger partial charge >= 0.3 is 0 Å². The second-order valence-electron chi connectivity index (χ2n) is 6.54. The lowest BCUT2D eigenvalue weighted by atomic mass is 10.2. The molecule has 2 saturated heterocycles. The van der Waals surface area contributed by atoms with Crippen molar-refractivity contribution in [3.63, 3.8) is 0 Å². The summed E-state index contributed by atoms with van der Waals surface area (Å²) in [6.45, 7) is 4.58. The number of hydrogen-bond acceptors (Lipinski definition) is 6. The lowest BCUT2D eigenvalue weighted by Gasteiger charge is -2.21. The Bertz CT molecular complexity index is 401. The summed E-state index contributed by atoms with van der Waals surface area (Å²) in [6, 6.07) is 0. The molecule has 0 aromatic rings. The van der Waals surface area contributed by atoms with Crippen molar-refractivity contribution in [3.05, 3.63) is 12.2 Å². The van der Waals surface area contributed by atoms with E-state index in [0.717, 1.165) is 46.3 Å². The minimum absolute atomic E-state index is 1.01. The van der Waals surface area contributed by atoms with Crippen molar-refractivity contribution in [2.75, 3.05) is 37.7 Å². The van der Waals surface area contributed by atoms with Crippen LogP contribution in [-0.2, 0) is 0 Å². The first-order valence-electron chi connectivity index (χ1n) is 9.59. The fraction of sp³-hybridized carbons (Fsp3) is 0.778. The van der Waals surface area contributed by atoms with Gasteiger partial charge in [-0.15, -0.1) is 0 Å². The molecule has 0 aliphatic carbocycles. The molecule has 26 heavy (non-hydrogen) atoms. The van der Waals surface area contributed by atoms with E-state index in [-0.39, 0.29) is 0 Å². The number of likely N-dealkylation sites (tertiary alicyclic amines) is 2. The summed E-state index contributed by atoms with van der Waals surface area (Å²) in [5, 5.41) is 0. The lowest BCUT2D eigenvalue weighted by Crippen LogP contribution is -2.27. The lowest BCUT2D eigenvalue weighted by molar-refractivity contribution is 0.450. The van der Waals surface area contributed by atoms with Gasteiger partial charge in [-0.25, -0.2) is 0 Å². The normalized spacial score (nSPS) is 19.4. The van der Waals surface area contributed by atoms with Gasteiger partial charge in [0.15, 0.2) is 0 Å². The average molecular weight is 467 g/mol. The topological polar surface area (TPSA) is 6.48 Å². The van der Waals surface area contributed by atoms with Crippen LogP contribution in [0.1, 0.15) is 51.4 Å². The van der Waals surface area contributed by atoms with Gasteiger partial charge in [-0.1, -0.05) is 83.9 Å². The van der Waals surface area contributed by atoms with Crippen LogP contribution in [0.15, 0.2) is 12.2 Å². The minimum Gasteiger partial charge on any atom is -0.357 e. The highest BCUT2D eigenvalue weighted by Gasteiger charge is 2.13. The average Bonchev–Trinajstić information content (AvgIpc) is 3.08. The van der Waals surface area contributed by atoms with E-state index >= 15 is 0 Å². The van der Waals surface area contributed by atoms with Crippen molar-refractivity contribution in [2.45, 2.75) is 51.4 Å². The maximum atomic E-state index is 5.57. The zero-order valence-electron chi connectivity index (χ0n) is 15.4. The molecule has 148 valence electrons. The SMILES string of the molecule is S=C(SSC/C=C/CSSC(=S)N1CCCCCC1)N1CCCCCC1. The van der Waals surface area contributed by atoms with Crippen molar-refractivity contribution in [1.29, 1.82) is 0 Å². The fourth-order valence-electron chi connectivity index (χ4n) is 3.00. The molecular weight excluding hydrogens is 437 g/mol. The van der Waals surface area contributed by atoms with Gasteiger partial charge in [0.2, 0.25) is 0 Å². The zero-order chi connectivity index (χ0) is 18.5. The molecule has 0 amide bonds. The Hall–Kier alpha value is 0.920. The van der Waals surface area contributed by atoms with Gasteiger partial charge < -0.3 is 9.80 Å².